The molecule has 0 amide bonds. The number of hydrogen-bond donors (Lipinski definition) is 2. The number of hydrogen-bond acceptors (Lipinski definition) is 7. The van der Waals surface area contributed by atoms with Gasteiger partial charge < -0.3 is 4.74 Å². The topological polar surface area (TPSA) is 99.0 Å². The molecule has 16 heavy (non-hydrogen) atoms. The van der Waals surface area contributed by atoms with Gasteiger partial charge in [0, 0.05) is 0 Å². The van der Waals surface area contributed by atoms with Crippen LogP contribution in [0.5, 0.6) is 0 Å². The van der Waals surface area contributed by atoms with E-state index >= 15 is 0 Å². The standard InChI is InChI=1S/C9H16N6O/c1-4-12-8-13-7(6(2)5-10)14-9(16-3)15(8)11/h6,8,12H,4,11H2,1-3H3. The predicted octanol–water partition coefficient (Wildman–Crippen LogP) is -0.371. The van der Waals surface area contributed by atoms with Crippen LogP contribution in [0.25, 0.3) is 0 Å². The molecule has 7 heteroatoms. The summed E-state index contributed by atoms with van der Waals surface area (Å²) in [7, 11) is 1.47. The summed E-state index contributed by atoms with van der Waals surface area (Å²) < 4.78 is 5.03. The fraction of sp³-hybridized carbons (Fsp3) is 0.667. The van der Waals surface area contributed by atoms with Crippen LogP contribution in [0.3, 0.4) is 0 Å². The maximum Gasteiger partial charge on any atom is 0.311 e. The molecular weight excluding hydrogens is 208 g/mol. The largest absolute Gasteiger partial charge is 0.467 e. The van der Waals surface area contributed by atoms with Crippen LogP contribution in [0, 0.1) is 17.2 Å². The zero-order valence-corrected chi connectivity index (χ0v) is 9.64. The molecule has 1 rings (SSSR count). The number of nitrogens with two attached hydrogens (primary N) is 1. The number of nitriles is 1. The highest BCUT2D eigenvalue weighted by Crippen LogP contribution is 2.09. The van der Waals surface area contributed by atoms with Crippen molar-refractivity contribution in [3.63, 3.8) is 0 Å². The van der Waals surface area contributed by atoms with E-state index < -0.39 is 6.29 Å². The van der Waals surface area contributed by atoms with E-state index in [1.165, 1.54) is 12.1 Å². The molecule has 1 heterocycles. The van der Waals surface area contributed by atoms with Gasteiger partial charge in [0.1, 0.15) is 11.8 Å². The first-order valence-corrected chi connectivity index (χ1v) is 5.01. The second-order valence-electron chi connectivity index (χ2n) is 3.28. The summed E-state index contributed by atoms with van der Waals surface area (Å²) in [5.41, 5.74) is 0. The summed E-state index contributed by atoms with van der Waals surface area (Å²) in [5.74, 6) is 5.78. The summed E-state index contributed by atoms with van der Waals surface area (Å²) in [6, 6.07) is 2.32. The maximum absolute atomic E-state index is 8.82. The highest BCUT2D eigenvalue weighted by atomic mass is 16.5. The molecule has 0 saturated carbocycles. The van der Waals surface area contributed by atoms with Gasteiger partial charge in [0.05, 0.1) is 13.2 Å². The first-order valence-electron chi connectivity index (χ1n) is 5.01. The number of ether oxygens (including phenoxy) is 1. The lowest BCUT2D eigenvalue weighted by Crippen LogP contribution is -2.55. The van der Waals surface area contributed by atoms with E-state index in [1.54, 1.807) is 6.92 Å². The summed E-state index contributed by atoms with van der Waals surface area (Å²) >= 11 is 0. The summed E-state index contributed by atoms with van der Waals surface area (Å²) in [5, 5.41) is 13.2. The maximum atomic E-state index is 8.82. The van der Waals surface area contributed by atoms with Crippen LogP contribution in [-0.2, 0) is 4.74 Å². The van der Waals surface area contributed by atoms with Crippen molar-refractivity contribution >= 4 is 11.9 Å². The van der Waals surface area contributed by atoms with Gasteiger partial charge in [-0.15, -0.1) is 0 Å². The van der Waals surface area contributed by atoms with Crippen molar-refractivity contribution in [2.75, 3.05) is 13.7 Å². The number of nitrogens with zero attached hydrogens (tertiary/aromatic N) is 4. The van der Waals surface area contributed by atoms with Gasteiger partial charge in [-0.05, 0) is 13.5 Å². The monoisotopic (exact) mass is 224 g/mol. The minimum atomic E-state index is -0.441. The van der Waals surface area contributed by atoms with Crippen molar-refractivity contribution in [3.05, 3.63) is 0 Å². The minimum absolute atomic E-state index is 0.248. The van der Waals surface area contributed by atoms with Crippen molar-refractivity contribution in [2.24, 2.45) is 21.7 Å². The van der Waals surface area contributed by atoms with Crippen molar-refractivity contribution in [3.8, 4) is 6.07 Å². The van der Waals surface area contributed by atoms with E-state index in [1.807, 2.05) is 6.92 Å². The molecule has 3 N–H and O–H groups in total. The summed E-state index contributed by atoms with van der Waals surface area (Å²) in [6.45, 7) is 4.37. The van der Waals surface area contributed by atoms with E-state index in [2.05, 4.69) is 21.4 Å². The molecule has 88 valence electrons. The molecule has 0 spiro atoms. The number of aliphatic imine (C=N–C) groups is 2. The smallest absolute Gasteiger partial charge is 0.311 e. The van der Waals surface area contributed by atoms with Gasteiger partial charge in [-0.25, -0.2) is 15.8 Å². The zero-order chi connectivity index (χ0) is 12.1. The molecule has 1 aliphatic rings. The molecule has 0 aromatic heterocycles. The molecule has 1 aliphatic heterocycles. The van der Waals surface area contributed by atoms with E-state index in [4.69, 9.17) is 15.8 Å². The van der Waals surface area contributed by atoms with Crippen LogP contribution < -0.4 is 11.2 Å². The van der Waals surface area contributed by atoms with E-state index in [0.29, 0.717) is 12.4 Å². The molecule has 0 aromatic carbocycles. The Bertz CT molecular complexity index is 344. The molecule has 2 atom stereocenters. The van der Waals surface area contributed by atoms with Crippen molar-refractivity contribution in [1.29, 1.82) is 5.26 Å². The van der Waals surface area contributed by atoms with Gasteiger partial charge in [0.25, 0.3) is 0 Å². The number of methoxy groups -OCH3 is 1. The fourth-order valence-corrected chi connectivity index (χ4v) is 1.22. The second kappa shape index (κ2) is 5.44. The lowest BCUT2D eigenvalue weighted by atomic mass is 10.2. The average Bonchev–Trinajstić information content (AvgIpc) is 2.31. The molecule has 2 unspecified atom stereocenters. The van der Waals surface area contributed by atoms with Crippen LogP contribution >= 0.6 is 0 Å². The van der Waals surface area contributed by atoms with Crippen molar-refractivity contribution < 1.29 is 4.74 Å². The Morgan fingerprint density at radius 2 is 2.44 bits per heavy atom. The third-order valence-electron chi connectivity index (χ3n) is 2.10. The summed E-state index contributed by atoms with van der Waals surface area (Å²) in [6.07, 6.45) is -0.441. The van der Waals surface area contributed by atoms with Crippen LogP contribution in [0.2, 0.25) is 0 Å². The second-order valence-corrected chi connectivity index (χ2v) is 3.28. The van der Waals surface area contributed by atoms with Crippen LogP contribution in [0.1, 0.15) is 13.8 Å². The van der Waals surface area contributed by atoms with E-state index in [0.717, 1.165) is 0 Å². The Morgan fingerprint density at radius 1 is 1.75 bits per heavy atom. The lowest BCUT2D eigenvalue weighted by molar-refractivity contribution is 0.207. The zero-order valence-electron chi connectivity index (χ0n) is 9.64. The van der Waals surface area contributed by atoms with Gasteiger partial charge in [0.2, 0.25) is 0 Å². The SMILES string of the molecule is CCNC1N=C(C(C)C#N)N=C(OC)N1N. The Labute approximate surface area is 94.6 Å². The van der Waals surface area contributed by atoms with Gasteiger partial charge in [-0.1, -0.05) is 6.92 Å². The molecule has 0 radical (unpaired) electrons. The van der Waals surface area contributed by atoms with Crippen LogP contribution in [0.15, 0.2) is 9.98 Å². The van der Waals surface area contributed by atoms with Gasteiger partial charge in [-0.2, -0.15) is 10.3 Å². The molecule has 7 nitrogen and oxygen atoms in total. The number of nitrogens with one attached hydrogen (secondary N) is 1. The fourth-order valence-electron chi connectivity index (χ4n) is 1.22. The Hall–Kier alpha value is -1.65. The predicted molar refractivity (Wildman–Crippen MR) is 60.1 cm³/mol. The average molecular weight is 224 g/mol. The van der Waals surface area contributed by atoms with Gasteiger partial charge in [0.15, 0.2) is 6.29 Å². The molecular formula is C9H16N6O. The van der Waals surface area contributed by atoms with Gasteiger partial charge >= 0.3 is 6.02 Å². The Kier molecular flexibility index (Phi) is 4.22. The summed E-state index contributed by atoms with van der Waals surface area (Å²) in [4.78, 5) is 8.31. The van der Waals surface area contributed by atoms with Crippen LogP contribution in [0.4, 0.5) is 0 Å². The molecule has 0 fully saturated rings. The van der Waals surface area contributed by atoms with E-state index in [-0.39, 0.29) is 11.9 Å². The van der Waals surface area contributed by atoms with Gasteiger partial charge in [-0.3, -0.25) is 5.32 Å². The van der Waals surface area contributed by atoms with E-state index in [9.17, 15) is 0 Å². The molecule has 0 aromatic rings. The first-order chi connectivity index (χ1) is 7.63. The van der Waals surface area contributed by atoms with Crippen molar-refractivity contribution in [2.45, 2.75) is 20.1 Å². The molecule has 0 saturated heterocycles. The first kappa shape index (κ1) is 12.4. The lowest BCUT2D eigenvalue weighted by Gasteiger charge is -2.29. The minimum Gasteiger partial charge on any atom is -0.467 e. The molecule has 0 bridgehead atoms. The Morgan fingerprint density at radius 3 is 2.94 bits per heavy atom. The highest BCUT2D eigenvalue weighted by molar-refractivity contribution is 5.97. The quantitative estimate of drug-likeness (QED) is 0.637. The van der Waals surface area contributed by atoms with Crippen molar-refractivity contribution in [1.82, 2.24) is 10.3 Å². The van der Waals surface area contributed by atoms with Crippen LogP contribution in [-0.4, -0.2) is 36.8 Å². The normalized spacial score (nSPS) is 21.9. The number of rotatable bonds is 3. The number of hydrazine groups is 1. The third-order valence-corrected chi connectivity index (χ3v) is 2.10. The highest BCUT2D eigenvalue weighted by Gasteiger charge is 2.26. The molecule has 0 aliphatic carbocycles. The number of amidine groups is 2. The Balaban J connectivity index is 2.95. The third kappa shape index (κ3) is 2.48.